The van der Waals surface area contributed by atoms with Crippen molar-refractivity contribution in [2.24, 2.45) is 5.92 Å². The molecule has 1 aliphatic carbocycles. The SMILES string of the molecule is ClC1CCCC1CC1Cc2ccccc2S1. The maximum atomic E-state index is 6.36. The molecule has 0 spiro atoms. The maximum Gasteiger partial charge on any atom is 0.0364 e. The smallest absolute Gasteiger partial charge is 0.0364 e. The molecule has 3 rings (SSSR count). The topological polar surface area (TPSA) is 0 Å². The molecule has 1 aromatic carbocycles. The van der Waals surface area contributed by atoms with E-state index in [9.17, 15) is 0 Å². The van der Waals surface area contributed by atoms with Crippen molar-refractivity contribution in [2.45, 2.75) is 47.6 Å². The van der Waals surface area contributed by atoms with E-state index in [1.807, 2.05) is 0 Å². The van der Waals surface area contributed by atoms with Crippen molar-refractivity contribution in [1.29, 1.82) is 0 Å². The number of benzene rings is 1. The zero-order chi connectivity index (χ0) is 11.0. The van der Waals surface area contributed by atoms with Crippen LogP contribution in [0.4, 0.5) is 0 Å². The normalized spacial score (nSPS) is 32.9. The summed E-state index contributed by atoms with van der Waals surface area (Å²) in [5, 5.41) is 1.23. The van der Waals surface area contributed by atoms with Crippen LogP contribution in [0.25, 0.3) is 0 Å². The molecule has 1 heterocycles. The van der Waals surface area contributed by atoms with Crippen molar-refractivity contribution in [3.05, 3.63) is 29.8 Å². The van der Waals surface area contributed by atoms with E-state index < -0.39 is 0 Å². The number of hydrogen-bond donors (Lipinski definition) is 0. The van der Waals surface area contributed by atoms with Crippen molar-refractivity contribution in [2.75, 3.05) is 0 Å². The summed E-state index contributed by atoms with van der Waals surface area (Å²) in [6.45, 7) is 0. The molecule has 1 fully saturated rings. The number of rotatable bonds is 2. The molecule has 1 aliphatic heterocycles. The lowest BCUT2D eigenvalue weighted by Crippen LogP contribution is -2.14. The van der Waals surface area contributed by atoms with Gasteiger partial charge in [-0.05, 0) is 43.2 Å². The Kier molecular flexibility index (Phi) is 3.17. The molecule has 16 heavy (non-hydrogen) atoms. The Morgan fingerprint density at radius 3 is 2.88 bits per heavy atom. The summed E-state index contributed by atoms with van der Waals surface area (Å²) in [4.78, 5) is 1.50. The molecule has 2 heteroatoms. The fraction of sp³-hybridized carbons (Fsp3) is 0.571. The van der Waals surface area contributed by atoms with Gasteiger partial charge in [0.25, 0.3) is 0 Å². The predicted molar refractivity (Wildman–Crippen MR) is 71.4 cm³/mol. The van der Waals surface area contributed by atoms with Gasteiger partial charge in [-0.25, -0.2) is 0 Å². The van der Waals surface area contributed by atoms with Crippen molar-refractivity contribution in [1.82, 2.24) is 0 Å². The van der Waals surface area contributed by atoms with Crippen LogP contribution in [0.1, 0.15) is 31.2 Å². The van der Waals surface area contributed by atoms with Crippen LogP contribution in [-0.2, 0) is 6.42 Å². The molecule has 0 radical (unpaired) electrons. The lowest BCUT2D eigenvalue weighted by Gasteiger charge is -2.17. The number of hydrogen-bond acceptors (Lipinski definition) is 1. The third-order valence-electron chi connectivity index (χ3n) is 3.85. The Bertz CT molecular complexity index is 352. The summed E-state index contributed by atoms with van der Waals surface area (Å²) in [6, 6.07) is 8.83. The van der Waals surface area contributed by atoms with Crippen molar-refractivity contribution < 1.29 is 0 Å². The second kappa shape index (κ2) is 4.62. The van der Waals surface area contributed by atoms with Crippen LogP contribution in [0.2, 0.25) is 0 Å². The van der Waals surface area contributed by atoms with E-state index >= 15 is 0 Å². The van der Waals surface area contributed by atoms with Crippen LogP contribution >= 0.6 is 23.4 Å². The molecule has 2 aliphatic rings. The second-order valence-corrected chi connectivity index (χ2v) is 6.90. The zero-order valence-electron chi connectivity index (χ0n) is 9.36. The van der Waals surface area contributed by atoms with Crippen LogP contribution in [0.5, 0.6) is 0 Å². The van der Waals surface area contributed by atoms with Crippen molar-refractivity contribution in [3.8, 4) is 0 Å². The fourth-order valence-corrected chi connectivity index (χ4v) is 4.79. The number of alkyl halides is 1. The van der Waals surface area contributed by atoms with E-state index in [2.05, 4.69) is 36.0 Å². The molecule has 0 bridgehead atoms. The average Bonchev–Trinajstić information content (AvgIpc) is 2.85. The highest BCUT2D eigenvalue weighted by atomic mass is 35.5. The Balaban J connectivity index is 1.63. The molecular weight excluding hydrogens is 236 g/mol. The summed E-state index contributed by atoms with van der Waals surface area (Å²) in [5.74, 6) is 0.772. The highest BCUT2D eigenvalue weighted by Crippen LogP contribution is 2.43. The van der Waals surface area contributed by atoms with E-state index in [0.717, 1.165) is 11.2 Å². The first-order valence-corrected chi connectivity index (χ1v) is 7.53. The standard InChI is InChI=1S/C14H17ClS/c15-13-6-3-5-10(13)8-12-9-11-4-1-2-7-14(11)16-12/h1-2,4,7,10,12-13H,3,5-6,8-9H2. The Hall–Kier alpha value is -0.140. The van der Waals surface area contributed by atoms with E-state index in [0.29, 0.717) is 5.38 Å². The summed E-state index contributed by atoms with van der Waals surface area (Å²) >= 11 is 8.43. The Morgan fingerprint density at radius 1 is 1.25 bits per heavy atom. The highest BCUT2D eigenvalue weighted by Gasteiger charge is 2.30. The molecule has 0 nitrogen and oxygen atoms in total. The molecule has 0 N–H and O–H groups in total. The minimum absolute atomic E-state index is 0.448. The van der Waals surface area contributed by atoms with Crippen LogP contribution < -0.4 is 0 Å². The number of halogens is 1. The van der Waals surface area contributed by atoms with Gasteiger partial charge in [0.2, 0.25) is 0 Å². The van der Waals surface area contributed by atoms with Gasteiger partial charge >= 0.3 is 0 Å². The number of thioether (sulfide) groups is 1. The molecule has 86 valence electrons. The molecular formula is C14H17ClS. The predicted octanol–water partition coefficient (Wildman–Crippen LogP) is 4.50. The quantitative estimate of drug-likeness (QED) is 0.699. The highest BCUT2D eigenvalue weighted by molar-refractivity contribution is 8.00. The van der Waals surface area contributed by atoms with Crippen LogP contribution in [0.3, 0.4) is 0 Å². The Morgan fingerprint density at radius 2 is 2.12 bits per heavy atom. The van der Waals surface area contributed by atoms with E-state index in [1.54, 1.807) is 5.56 Å². The summed E-state index contributed by atoms with van der Waals surface area (Å²) in [6.07, 6.45) is 6.48. The maximum absolute atomic E-state index is 6.36. The van der Waals surface area contributed by atoms with Gasteiger partial charge in [0.15, 0.2) is 0 Å². The minimum Gasteiger partial charge on any atom is -0.123 e. The van der Waals surface area contributed by atoms with Crippen molar-refractivity contribution >= 4 is 23.4 Å². The van der Waals surface area contributed by atoms with Crippen molar-refractivity contribution in [3.63, 3.8) is 0 Å². The third-order valence-corrected chi connectivity index (χ3v) is 5.77. The van der Waals surface area contributed by atoms with Gasteiger partial charge in [0.05, 0.1) is 0 Å². The summed E-state index contributed by atoms with van der Waals surface area (Å²) in [5.41, 5.74) is 1.54. The van der Waals surface area contributed by atoms with Crippen LogP contribution in [-0.4, -0.2) is 10.6 Å². The lowest BCUT2D eigenvalue weighted by molar-refractivity contribution is 0.499. The average molecular weight is 253 g/mol. The first-order chi connectivity index (χ1) is 7.83. The van der Waals surface area contributed by atoms with Gasteiger partial charge < -0.3 is 0 Å². The molecule has 3 unspecified atom stereocenters. The largest absolute Gasteiger partial charge is 0.123 e. The number of fused-ring (bicyclic) bond motifs is 1. The van der Waals surface area contributed by atoms with Gasteiger partial charge in [0, 0.05) is 15.5 Å². The van der Waals surface area contributed by atoms with Crippen LogP contribution in [0.15, 0.2) is 29.2 Å². The van der Waals surface area contributed by atoms with Gasteiger partial charge in [0.1, 0.15) is 0 Å². The minimum atomic E-state index is 0.448. The van der Waals surface area contributed by atoms with Gasteiger partial charge in [-0.15, -0.1) is 23.4 Å². The van der Waals surface area contributed by atoms with E-state index in [1.165, 1.54) is 37.0 Å². The van der Waals surface area contributed by atoms with E-state index in [-0.39, 0.29) is 0 Å². The van der Waals surface area contributed by atoms with Crippen LogP contribution in [0, 0.1) is 5.92 Å². The molecule has 1 aromatic rings. The van der Waals surface area contributed by atoms with E-state index in [4.69, 9.17) is 11.6 Å². The summed E-state index contributed by atoms with van der Waals surface area (Å²) < 4.78 is 0. The second-order valence-electron chi connectivity index (χ2n) is 4.99. The van der Waals surface area contributed by atoms with Gasteiger partial charge in [-0.2, -0.15) is 0 Å². The first-order valence-electron chi connectivity index (χ1n) is 6.21. The monoisotopic (exact) mass is 252 g/mol. The molecule has 0 aromatic heterocycles. The Labute approximate surface area is 107 Å². The summed E-state index contributed by atoms with van der Waals surface area (Å²) in [7, 11) is 0. The molecule has 0 saturated heterocycles. The first kappa shape index (κ1) is 11.0. The fourth-order valence-electron chi connectivity index (χ4n) is 2.98. The van der Waals surface area contributed by atoms with Gasteiger partial charge in [-0.1, -0.05) is 24.6 Å². The lowest BCUT2D eigenvalue weighted by atomic mass is 9.98. The molecule has 0 amide bonds. The zero-order valence-corrected chi connectivity index (χ0v) is 10.9. The van der Waals surface area contributed by atoms with Gasteiger partial charge in [-0.3, -0.25) is 0 Å². The molecule has 3 atom stereocenters. The molecule has 1 saturated carbocycles. The third kappa shape index (κ3) is 2.12.